The molecule has 0 aromatic heterocycles. The number of rotatable bonds is 18. The van der Waals surface area contributed by atoms with Crippen LogP contribution in [0.1, 0.15) is 98.2 Å². The Kier molecular flexibility index (Phi) is 14.4. The zero-order chi connectivity index (χ0) is 32.0. The molecule has 6 nitrogen and oxygen atoms in total. The predicted octanol–water partition coefficient (Wildman–Crippen LogP) is 9.78. The molecule has 0 bridgehead atoms. The molecule has 0 aliphatic rings. The topological polar surface area (TPSA) is 82.1 Å². The van der Waals surface area contributed by atoms with Crippen LogP contribution in [0.25, 0.3) is 0 Å². The maximum atomic E-state index is 13.5. The van der Waals surface area contributed by atoms with Crippen molar-refractivity contribution in [2.24, 2.45) is 0 Å². The second-order valence-electron chi connectivity index (χ2n) is 11.6. The number of hydrogen-bond donors (Lipinski definition) is 1. The maximum absolute atomic E-state index is 13.5. The summed E-state index contributed by atoms with van der Waals surface area (Å²) in [5.41, 5.74) is 8.05. The van der Waals surface area contributed by atoms with Crippen LogP contribution in [-0.4, -0.2) is 36.2 Å². The lowest BCUT2D eigenvalue weighted by atomic mass is 9.92. The van der Waals surface area contributed by atoms with E-state index < -0.39 is 19.3 Å². The zero-order valence-corrected chi connectivity index (χ0v) is 28.1. The van der Waals surface area contributed by atoms with Gasteiger partial charge in [0.1, 0.15) is 5.75 Å². The van der Waals surface area contributed by atoms with Crippen LogP contribution < -0.4 is 0 Å². The van der Waals surface area contributed by atoms with E-state index in [0.717, 1.165) is 48.8 Å². The number of carbonyl (C=O) groups is 1. The van der Waals surface area contributed by atoms with Gasteiger partial charge >= 0.3 is 14.0 Å². The standard InChI is InChI=1S/C37H49O6P/c1-6-9-10-14-20-41-36(39)42-27-43-37(7-2,8-3)44(40)21-19-32-22-28(4)34(29(5)23-32)26-31-17-18-35(38)33(25-31)24-30-15-12-11-13-16-30/h11-13,15-18,22-23,25H,6-10,14,19-21,24,26-27H2,1-5H3/p+1. The summed E-state index contributed by atoms with van der Waals surface area (Å²) in [6.07, 6.45) is 7.06. The first-order chi connectivity index (χ1) is 21.2. The lowest BCUT2D eigenvalue weighted by molar-refractivity contribution is -0.0958. The van der Waals surface area contributed by atoms with Crippen LogP contribution in [-0.2, 0) is 38.0 Å². The average molecular weight is 622 g/mol. The molecule has 44 heavy (non-hydrogen) atoms. The smallest absolute Gasteiger partial charge is 0.508 e. The van der Waals surface area contributed by atoms with E-state index in [9.17, 15) is 14.5 Å². The summed E-state index contributed by atoms with van der Waals surface area (Å²) in [6, 6.07) is 20.5. The molecule has 0 saturated heterocycles. The van der Waals surface area contributed by atoms with Crippen molar-refractivity contribution in [3.05, 3.63) is 99.6 Å². The van der Waals surface area contributed by atoms with Crippen LogP contribution in [0.4, 0.5) is 4.79 Å². The minimum absolute atomic E-state index is 0.270. The van der Waals surface area contributed by atoms with Gasteiger partial charge in [0.15, 0.2) is 6.16 Å². The molecule has 0 fully saturated rings. The summed E-state index contributed by atoms with van der Waals surface area (Å²) >= 11 is 0. The van der Waals surface area contributed by atoms with Gasteiger partial charge in [-0.25, -0.2) is 4.79 Å². The highest BCUT2D eigenvalue weighted by Crippen LogP contribution is 2.46. The fourth-order valence-corrected chi connectivity index (χ4v) is 7.41. The molecule has 1 N–H and O–H groups in total. The SMILES string of the molecule is CCCCCCOC(=O)OCOC(CC)(CC)[P+](=O)CCc1cc(C)c(Cc2ccc(O)c(Cc3ccccc3)c2)c(C)c1. The van der Waals surface area contributed by atoms with Crippen molar-refractivity contribution < 1.29 is 28.7 Å². The molecule has 0 radical (unpaired) electrons. The van der Waals surface area contributed by atoms with Crippen LogP contribution in [0.3, 0.4) is 0 Å². The number of hydrogen-bond acceptors (Lipinski definition) is 6. The summed E-state index contributed by atoms with van der Waals surface area (Å²) in [6.45, 7) is 10.4. The van der Waals surface area contributed by atoms with Crippen molar-refractivity contribution in [3.8, 4) is 5.75 Å². The summed E-state index contributed by atoms with van der Waals surface area (Å²) in [5.74, 6) is 0.319. The zero-order valence-electron chi connectivity index (χ0n) is 27.2. The predicted molar refractivity (Wildman–Crippen MR) is 178 cm³/mol. The molecule has 3 aromatic carbocycles. The number of unbranched alkanes of at least 4 members (excludes halogenated alkanes) is 3. The largest absolute Gasteiger partial charge is 0.510 e. The van der Waals surface area contributed by atoms with Crippen LogP contribution in [0.15, 0.2) is 60.7 Å². The van der Waals surface area contributed by atoms with Gasteiger partial charge in [-0.15, -0.1) is 0 Å². The fraction of sp³-hybridized carbons (Fsp3) is 0.486. The van der Waals surface area contributed by atoms with Gasteiger partial charge in [0.2, 0.25) is 6.79 Å². The minimum atomic E-state index is -1.72. The van der Waals surface area contributed by atoms with Crippen molar-refractivity contribution in [1.29, 1.82) is 0 Å². The second kappa shape index (κ2) is 17.9. The Hall–Kier alpha value is -3.21. The van der Waals surface area contributed by atoms with Crippen LogP contribution in [0, 0.1) is 13.8 Å². The van der Waals surface area contributed by atoms with Gasteiger partial charge in [0.05, 0.1) is 6.61 Å². The Bertz CT molecular complexity index is 1330. The Labute approximate surface area is 264 Å². The molecular weight excluding hydrogens is 571 g/mol. The number of phenolic OH excluding ortho intramolecular Hbond substituents is 1. The molecule has 1 unspecified atom stereocenters. The summed E-state index contributed by atoms with van der Waals surface area (Å²) in [4.78, 5) is 11.9. The van der Waals surface area contributed by atoms with Crippen molar-refractivity contribution >= 4 is 14.0 Å². The van der Waals surface area contributed by atoms with Crippen molar-refractivity contribution in [2.45, 2.75) is 97.7 Å². The third-order valence-electron chi connectivity index (χ3n) is 8.40. The van der Waals surface area contributed by atoms with E-state index >= 15 is 0 Å². The number of carbonyl (C=O) groups excluding carboxylic acids is 1. The molecule has 0 saturated carbocycles. The number of aryl methyl sites for hydroxylation is 3. The summed E-state index contributed by atoms with van der Waals surface area (Å²) in [5, 5.41) is 9.62. The van der Waals surface area contributed by atoms with E-state index in [1.54, 1.807) is 6.07 Å². The Morgan fingerprint density at radius 2 is 1.52 bits per heavy atom. The molecular formula is C37H50O6P+. The second-order valence-corrected chi connectivity index (χ2v) is 13.6. The van der Waals surface area contributed by atoms with Crippen molar-refractivity contribution in [1.82, 2.24) is 0 Å². The molecule has 7 heteroatoms. The highest BCUT2D eigenvalue weighted by molar-refractivity contribution is 7.46. The molecule has 3 rings (SSSR count). The Morgan fingerprint density at radius 3 is 2.18 bits per heavy atom. The Morgan fingerprint density at radius 1 is 0.818 bits per heavy atom. The average Bonchev–Trinajstić information content (AvgIpc) is 3.02. The van der Waals surface area contributed by atoms with Gasteiger partial charge in [-0.2, -0.15) is 0 Å². The highest BCUT2D eigenvalue weighted by Gasteiger charge is 2.47. The van der Waals surface area contributed by atoms with E-state index in [4.69, 9.17) is 14.2 Å². The fourth-order valence-electron chi connectivity index (χ4n) is 5.64. The lowest BCUT2D eigenvalue weighted by Gasteiger charge is -2.21. The van der Waals surface area contributed by atoms with Gasteiger partial charge in [-0.1, -0.05) is 99.2 Å². The molecule has 1 atom stereocenters. The molecule has 0 amide bonds. The molecule has 238 valence electrons. The van der Waals surface area contributed by atoms with E-state index in [-0.39, 0.29) is 6.79 Å². The normalized spacial score (nSPS) is 11.8. The van der Waals surface area contributed by atoms with Gasteiger partial charge in [0.25, 0.3) is 5.34 Å². The van der Waals surface area contributed by atoms with Gasteiger partial charge in [-0.3, -0.25) is 4.74 Å². The van der Waals surface area contributed by atoms with E-state index in [1.807, 2.05) is 38.1 Å². The first kappa shape index (κ1) is 35.3. The number of phenols is 1. The van der Waals surface area contributed by atoms with Gasteiger partial charge < -0.3 is 14.6 Å². The summed E-state index contributed by atoms with van der Waals surface area (Å²) in [7, 11) is -1.72. The van der Waals surface area contributed by atoms with E-state index in [2.05, 4.69) is 51.1 Å². The monoisotopic (exact) mass is 621 g/mol. The quantitative estimate of drug-likeness (QED) is 0.0659. The molecule has 3 aromatic rings. The third-order valence-corrected chi connectivity index (χ3v) is 10.7. The summed E-state index contributed by atoms with van der Waals surface area (Å²) < 4.78 is 29.8. The van der Waals surface area contributed by atoms with Crippen LogP contribution in [0.2, 0.25) is 0 Å². The van der Waals surface area contributed by atoms with E-state index in [0.29, 0.717) is 44.2 Å². The maximum Gasteiger partial charge on any atom is 0.510 e. The first-order valence-electron chi connectivity index (χ1n) is 16.0. The minimum Gasteiger partial charge on any atom is -0.508 e. The highest BCUT2D eigenvalue weighted by atomic mass is 31.1. The van der Waals surface area contributed by atoms with Gasteiger partial charge in [-0.05, 0) is 71.7 Å². The number of aromatic hydroxyl groups is 1. The molecule has 0 aliphatic heterocycles. The lowest BCUT2D eigenvalue weighted by Crippen LogP contribution is -2.30. The van der Waals surface area contributed by atoms with Crippen LogP contribution in [0.5, 0.6) is 5.75 Å². The third kappa shape index (κ3) is 10.5. The van der Waals surface area contributed by atoms with Crippen LogP contribution >= 0.6 is 7.80 Å². The van der Waals surface area contributed by atoms with Crippen molar-refractivity contribution in [3.63, 3.8) is 0 Å². The first-order valence-corrected chi connectivity index (χ1v) is 17.5. The van der Waals surface area contributed by atoms with Crippen molar-refractivity contribution in [2.75, 3.05) is 19.6 Å². The molecule has 0 aliphatic carbocycles. The molecule has 0 spiro atoms. The van der Waals surface area contributed by atoms with Gasteiger partial charge in [0, 0.05) is 25.7 Å². The van der Waals surface area contributed by atoms with E-state index in [1.165, 1.54) is 22.3 Å². The Balaban J connectivity index is 1.58. The molecule has 0 heterocycles. The number of ether oxygens (including phenoxy) is 3. The number of benzene rings is 3.